The van der Waals surface area contributed by atoms with Crippen molar-refractivity contribution in [2.75, 3.05) is 24.2 Å². The van der Waals surface area contributed by atoms with Crippen LogP contribution >= 0.6 is 15.9 Å². The molecule has 0 aliphatic carbocycles. The van der Waals surface area contributed by atoms with Crippen LogP contribution in [0.2, 0.25) is 0 Å². The summed E-state index contributed by atoms with van der Waals surface area (Å²) >= 11 is 3.04. The Hall–Kier alpha value is -1.50. The maximum atomic E-state index is 13.0. The van der Waals surface area contributed by atoms with Gasteiger partial charge in [0.2, 0.25) is 0 Å². The van der Waals surface area contributed by atoms with E-state index in [2.05, 4.69) is 26.0 Å². The second-order valence-corrected chi connectivity index (χ2v) is 3.80. The fourth-order valence-electron chi connectivity index (χ4n) is 1.05. The summed E-state index contributed by atoms with van der Waals surface area (Å²) in [6.45, 7) is 0.453. The molecule has 7 heteroatoms. The summed E-state index contributed by atoms with van der Waals surface area (Å²) in [6.07, 6.45) is -0.838. The first-order valence-electron chi connectivity index (χ1n) is 4.41. The largest absolute Gasteiger partial charge is 0.448 e. The number of anilines is 2. The summed E-state index contributed by atoms with van der Waals surface area (Å²) in [5.74, 6) is -0.434. The molecule has 0 spiro atoms. The third-order valence-electron chi connectivity index (χ3n) is 1.75. The van der Waals surface area contributed by atoms with Gasteiger partial charge in [0.05, 0.1) is 15.8 Å². The van der Waals surface area contributed by atoms with Gasteiger partial charge in [0.1, 0.15) is 12.4 Å². The van der Waals surface area contributed by atoms with Crippen LogP contribution in [0.25, 0.3) is 0 Å². The number of hydrogen-bond donors (Lipinski definition) is 3. The molecule has 0 aliphatic heterocycles. The van der Waals surface area contributed by atoms with E-state index in [1.54, 1.807) is 0 Å². The fourth-order valence-corrected chi connectivity index (χ4v) is 1.40. The molecule has 5 nitrogen and oxygen atoms in total. The number of benzene rings is 1. The van der Waals surface area contributed by atoms with E-state index in [1.807, 2.05) is 0 Å². The Bertz CT molecular complexity index is 401. The molecule has 0 saturated heterocycles. The quantitative estimate of drug-likeness (QED) is 0.581. The van der Waals surface area contributed by atoms with Crippen molar-refractivity contribution < 1.29 is 13.9 Å². The van der Waals surface area contributed by atoms with Crippen LogP contribution in [0.15, 0.2) is 16.6 Å². The zero-order valence-corrected chi connectivity index (χ0v) is 9.88. The third kappa shape index (κ3) is 3.58. The van der Waals surface area contributed by atoms with Gasteiger partial charge in [-0.2, -0.15) is 0 Å². The van der Waals surface area contributed by atoms with E-state index in [9.17, 15) is 9.18 Å². The maximum absolute atomic E-state index is 13.0. The number of halogens is 2. The first-order valence-corrected chi connectivity index (χ1v) is 5.20. The Kier molecular flexibility index (Phi) is 4.36. The van der Waals surface area contributed by atoms with Crippen LogP contribution < -0.4 is 16.8 Å². The van der Waals surface area contributed by atoms with Gasteiger partial charge >= 0.3 is 6.09 Å². The first kappa shape index (κ1) is 12.6. The molecule has 16 heavy (non-hydrogen) atoms. The minimum atomic E-state index is -0.838. The lowest BCUT2D eigenvalue weighted by Gasteiger charge is -2.10. The van der Waals surface area contributed by atoms with Gasteiger partial charge in [-0.15, -0.1) is 0 Å². The molecule has 0 saturated carbocycles. The van der Waals surface area contributed by atoms with Crippen molar-refractivity contribution in [2.24, 2.45) is 5.73 Å². The van der Waals surface area contributed by atoms with E-state index < -0.39 is 11.9 Å². The highest BCUT2D eigenvalue weighted by molar-refractivity contribution is 9.10. The normalized spacial score (nSPS) is 9.88. The van der Waals surface area contributed by atoms with Gasteiger partial charge in [0.25, 0.3) is 0 Å². The summed E-state index contributed by atoms with van der Waals surface area (Å²) < 4.78 is 17.8. The molecule has 1 aromatic rings. The molecule has 88 valence electrons. The summed E-state index contributed by atoms with van der Waals surface area (Å²) in [5.41, 5.74) is 11.2. The van der Waals surface area contributed by atoms with Crippen LogP contribution in [0.1, 0.15) is 0 Å². The SMILES string of the molecule is NC(=O)OCCNc1cc(Br)c(F)cc1N. The van der Waals surface area contributed by atoms with Crippen molar-refractivity contribution in [3.63, 3.8) is 0 Å². The summed E-state index contributed by atoms with van der Waals surface area (Å²) in [6, 6.07) is 2.70. The molecular formula is C9H11BrFN3O2. The highest BCUT2D eigenvalue weighted by atomic mass is 79.9. The highest BCUT2D eigenvalue weighted by Crippen LogP contribution is 2.26. The van der Waals surface area contributed by atoms with E-state index in [4.69, 9.17) is 11.5 Å². The van der Waals surface area contributed by atoms with E-state index in [0.29, 0.717) is 16.7 Å². The molecule has 0 radical (unpaired) electrons. The maximum Gasteiger partial charge on any atom is 0.404 e. The Morgan fingerprint density at radius 1 is 1.56 bits per heavy atom. The number of carbonyl (C=O) groups is 1. The number of nitrogens with one attached hydrogen (secondary N) is 1. The topological polar surface area (TPSA) is 90.4 Å². The van der Waals surface area contributed by atoms with Gasteiger partial charge in [0.15, 0.2) is 0 Å². The van der Waals surface area contributed by atoms with Crippen molar-refractivity contribution in [2.45, 2.75) is 0 Å². The zero-order valence-electron chi connectivity index (χ0n) is 8.30. The minimum Gasteiger partial charge on any atom is -0.448 e. The zero-order chi connectivity index (χ0) is 12.1. The average Bonchev–Trinajstić information content (AvgIpc) is 2.19. The van der Waals surface area contributed by atoms with E-state index >= 15 is 0 Å². The summed E-state index contributed by atoms with van der Waals surface area (Å²) in [4.78, 5) is 10.3. The monoisotopic (exact) mass is 291 g/mol. The number of amides is 1. The Labute approximate surface area is 100 Å². The van der Waals surface area contributed by atoms with Gasteiger partial charge in [-0.3, -0.25) is 0 Å². The number of hydrogen-bond acceptors (Lipinski definition) is 4. The molecule has 1 amide bonds. The third-order valence-corrected chi connectivity index (χ3v) is 2.36. The minimum absolute atomic E-state index is 0.115. The van der Waals surface area contributed by atoms with Crippen molar-refractivity contribution in [1.82, 2.24) is 0 Å². The van der Waals surface area contributed by atoms with Crippen molar-refractivity contribution in [1.29, 1.82) is 0 Å². The molecular weight excluding hydrogens is 281 g/mol. The number of ether oxygens (including phenoxy) is 1. The molecule has 1 aromatic carbocycles. The lowest BCUT2D eigenvalue weighted by atomic mass is 10.2. The number of rotatable bonds is 4. The van der Waals surface area contributed by atoms with Crippen LogP contribution in [0.5, 0.6) is 0 Å². The van der Waals surface area contributed by atoms with Gasteiger partial charge in [-0.1, -0.05) is 0 Å². The molecule has 0 unspecified atom stereocenters. The molecule has 1 rings (SSSR count). The Morgan fingerprint density at radius 3 is 2.88 bits per heavy atom. The van der Waals surface area contributed by atoms with Gasteiger partial charge in [-0.25, -0.2) is 9.18 Å². The summed E-state index contributed by atoms with van der Waals surface area (Å²) in [7, 11) is 0. The fraction of sp³-hybridized carbons (Fsp3) is 0.222. The molecule has 0 atom stereocenters. The lowest BCUT2D eigenvalue weighted by Crippen LogP contribution is -2.18. The van der Waals surface area contributed by atoms with Crippen LogP contribution in [0, 0.1) is 5.82 Å². The van der Waals surface area contributed by atoms with Gasteiger partial charge < -0.3 is 21.5 Å². The smallest absolute Gasteiger partial charge is 0.404 e. The molecule has 0 fully saturated rings. The standard InChI is InChI=1S/C9H11BrFN3O2/c10-5-3-8(7(12)4-6(5)11)14-1-2-16-9(13)15/h3-4,14H,1-2,12H2,(H2,13,15). The summed E-state index contributed by atoms with van der Waals surface area (Å²) in [5, 5.41) is 2.88. The Morgan fingerprint density at radius 2 is 2.25 bits per heavy atom. The van der Waals surface area contributed by atoms with E-state index in [1.165, 1.54) is 12.1 Å². The van der Waals surface area contributed by atoms with Crippen LogP contribution in [-0.2, 0) is 4.74 Å². The Balaban J connectivity index is 2.54. The van der Waals surface area contributed by atoms with Crippen molar-refractivity contribution >= 4 is 33.4 Å². The van der Waals surface area contributed by atoms with E-state index in [0.717, 1.165) is 0 Å². The van der Waals surface area contributed by atoms with Crippen LogP contribution in [-0.4, -0.2) is 19.2 Å². The predicted octanol–water partition coefficient (Wildman–Crippen LogP) is 1.68. The van der Waals surface area contributed by atoms with Gasteiger partial charge in [0, 0.05) is 12.6 Å². The molecule has 0 bridgehead atoms. The van der Waals surface area contributed by atoms with Crippen LogP contribution in [0.3, 0.4) is 0 Å². The number of nitrogens with two attached hydrogens (primary N) is 2. The molecule has 0 aliphatic rings. The number of nitrogen functional groups attached to an aromatic ring is 1. The van der Waals surface area contributed by atoms with Crippen LogP contribution in [0.4, 0.5) is 20.6 Å². The number of carbonyl (C=O) groups excluding carboxylic acids is 1. The van der Waals surface area contributed by atoms with Gasteiger partial charge in [-0.05, 0) is 22.0 Å². The molecule has 0 aromatic heterocycles. The predicted molar refractivity (Wildman–Crippen MR) is 62.5 cm³/mol. The van der Waals surface area contributed by atoms with E-state index in [-0.39, 0.29) is 12.3 Å². The molecule has 0 heterocycles. The average molecular weight is 292 g/mol. The second-order valence-electron chi connectivity index (χ2n) is 2.95. The van der Waals surface area contributed by atoms with Crippen molar-refractivity contribution in [3.8, 4) is 0 Å². The first-order chi connectivity index (χ1) is 7.50. The number of primary amides is 1. The second kappa shape index (κ2) is 5.55. The molecule has 5 N–H and O–H groups in total. The highest BCUT2D eigenvalue weighted by Gasteiger charge is 2.05. The van der Waals surface area contributed by atoms with Crippen molar-refractivity contribution in [3.05, 3.63) is 22.4 Å². The lowest BCUT2D eigenvalue weighted by molar-refractivity contribution is 0.161.